The van der Waals surface area contributed by atoms with E-state index in [9.17, 15) is 18.0 Å². The molecule has 19 heavy (non-hydrogen) atoms. The van der Waals surface area contributed by atoms with Crippen LogP contribution in [0, 0.1) is 0 Å². The van der Waals surface area contributed by atoms with E-state index in [1.54, 1.807) is 6.92 Å². The number of hydrogen-bond acceptors (Lipinski definition) is 5. The first-order valence-corrected chi connectivity index (χ1v) is 8.16. The Kier molecular flexibility index (Phi) is 4.22. The lowest BCUT2D eigenvalue weighted by Gasteiger charge is -2.14. The molecule has 1 atom stereocenters. The fourth-order valence-electron chi connectivity index (χ4n) is 2.19. The Bertz CT molecular complexity index is 472. The van der Waals surface area contributed by atoms with Crippen molar-refractivity contribution in [1.82, 2.24) is 14.9 Å². The van der Waals surface area contributed by atoms with Crippen LogP contribution in [-0.4, -0.2) is 56.1 Å². The molecule has 8 heteroatoms. The molecule has 0 aromatic rings. The van der Waals surface area contributed by atoms with E-state index >= 15 is 0 Å². The van der Waals surface area contributed by atoms with Gasteiger partial charge in [0.2, 0.25) is 21.8 Å². The van der Waals surface area contributed by atoms with Crippen LogP contribution in [0.3, 0.4) is 0 Å². The molecule has 2 amide bonds. The molecule has 1 aliphatic carbocycles. The van der Waals surface area contributed by atoms with E-state index < -0.39 is 16.1 Å². The average molecular weight is 289 g/mol. The van der Waals surface area contributed by atoms with Gasteiger partial charge in [-0.05, 0) is 12.8 Å². The number of rotatable bonds is 7. The topological polar surface area (TPSA) is 95.6 Å². The van der Waals surface area contributed by atoms with Gasteiger partial charge in [0.25, 0.3) is 0 Å². The van der Waals surface area contributed by atoms with E-state index in [1.807, 2.05) is 0 Å². The predicted octanol–water partition coefficient (Wildman–Crippen LogP) is -1.19. The number of hydrogen-bond donors (Lipinski definition) is 2. The van der Waals surface area contributed by atoms with Gasteiger partial charge in [-0.15, -0.1) is 0 Å². The number of likely N-dealkylation sites (tertiary alicyclic amines) is 1. The molecule has 1 aliphatic heterocycles. The standard InChI is InChI=1S/C11H19N3O4S/c1-2-13-19(17,18)6-5-12-9-7-10(15)14(11(9)16)8-3-4-8/h8-9,12-13H,2-7H2,1H3. The molecule has 0 aromatic heterocycles. The number of carbonyl (C=O) groups excluding carboxylic acids is 2. The molecule has 1 saturated heterocycles. The average Bonchev–Trinajstić information content (AvgIpc) is 3.08. The second kappa shape index (κ2) is 5.56. The third-order valence-corrected chi connectivity index (χ3v) is 4.69. The summed E-state index contributed by atoms with van der Waals surface area (Å²) in [5.41, 5.74) is 0. The molecule has 2 fully saturated rings. The Balaban J connectivity index is 1.81. The SMILES string of the molecule is CCNS(=O)(=O)CCNC1CC(=O)N(C2CC2)C1=O. The lowest BCUT2D eigenvalue weighted by molar-refractivity contribution is -0.139. The third-order valence-electron chi connectivity index (χ3n) is 3.22. The van der Waals surface area contributed by atoms with Gasteiger partial charge >= 0.3 is 0 Å². The molecular weight excluding hydrogens is 270 g/mol. The van der Waals surface area contributed by atoms with Crippen molar-refractivity contribution in [3.8, 4) is 0 Å². The summed E-state index contributed by atoms with van der Waals surface area (Å²) in [6.07, 6.45) is 1.91. The van der Waals surface area contributed by atoms with Crippen LogP contribution in [0.2, 0.25) is 0 Å². The van der Waals surface area contributed by atoms with Crippen LogP contribution < -0.4 is 10.0 Å². The molecule has 2 rings (SSSR count). The molecule has 0 radical (unpaired) electrons. The fourth-order valence-corrected chi connectivity index (χ4v) is 3.16. The lowest BCUT2D eigenvalue weighted by atomic mass is 10.2. The van der Waals surface area contributed by atoms with Gasteiger partial charge in [-0.2, -0.15) is 0 Å². The maximum absolute atomic E-state index is 12.0. The predicted molar refractivity (Wildman–Crippen MR) is 68.7 cm³/mol. The molecule has 2 N–H and O–H groups in total. The van der Waals surface area contributed by atoms with Gasteiger partial charge in [-0.3, -0.25) is 14.5 Å². The normalized spacial score (nSPS) is 24.3. The van der Waals surface area contributed by atoms with Gasteiger partial charge in [0.15, 0.2) is 0 Å². The summed E-state index contributed by atoms with van der Waals surface area (Å²) in [6.45, 7) is 2.22. The summed E-state index contributed by atoms with van der Waals surface area (Å²) in [7, 11) is -3.29. The van der Waals surface area contributed by atoms with E-state index in [0.29, 0.717) is 6.54 Å². The van der Waals surface area contributed by atoms with Crippen molar-refractivity contribution in [1.29, 1.82) is 0 Å². The molecule has 108 valence electrons. The number of nitrogens with one attached hydrogen (secondary N) is 2. The van der Waals surface area contributed by atoms with Gasteiger partial charge in [-0.1, -0.05) is 6.92 Å². The highest BCUT2D eigenvalue weighted by Gasteiger charge is 2.45. The smallest absolute Gasteiger partial charge is 0.247 e. The first-order chi connectivity index (χ1) is 8.94. The Morgan fingerprint density at radius 1 is 1.32 bits per heavy atom. The Morgan fingerprint density at radius 3 is 2.58 bits per heavy atom. The van der Waals surface area contributed by atoms with Crippen LogP contribution in [0.5, 0.6) is 0 Å². The molecule has 7 nitrogen and oxygen atoms in total. The van der Waals surface area contributed by atoms with Gasteiger partial charge < -0.3 is 5.32 Å². The van der Waals surface area contributed by atoms with E-state index in [0.717, 1.165) is 12.8 Å². The van der Waals surface area contributed by atoms with Crippen molar-refractivity contribution in [3.05, 3.63) is 0 Å². The van der Waals surface area contributed by atoms with Crippen LogP contribution >= 0.6 is 0 Å². The highest BCUT2D eigenvalue weighted by Crippen LogP contribution is 2.31. The minimum atomic E-state index is -3.29. The number of nitrogens with zero attached hydrogens (tertiary/aromatic N) is 1. The largest absolute Gasteiger partial charge is 0.304 e. The summed E-state index contributed by atoms with van der Waals surface area (Å²) in [5.74, 6) is -0.463. The highest BCUT2D eigenvalue weighted by atomic mass is 32.2. The van der Waals surface area contributed by atoms with Crippen molar-refractivity contribution in [2.24, 2.45) is 0 Å². The second-order valence-electron chi connectivity index (χ2n) is 4.86. The van der Waals surface area contributed by atoms with Crippen molar-refractivity contribution in [3.63, 3.8) is 0 Å². The second-order valence-corrected chi connectivity index (χ2v) is 6.79. The maximum Gasteiger partial charge on any atom is 0.247 e. The highest BCUT2D eigenvalue weighted by molar-refractivity contribution is 7.89. The van der Waals surface area contributed by atoms with Crippen molar-refractivity contribution < 1.29 is 18.0 Å². The first-order valence-electron chi connectivity index (χ1n) is 6.51. The number of imide groups is 1. The number of carbonyl (C=O) groups is 2. The van der Waals surface area contributed by atoms with Gasteiger partial charge in [0.05, 0.1) is 18.2 Å². The Morgan fingerprint density at radius 2 is 2.00 bits per heavy atom. The van der Waals surface area contributed by atoms with Crippen LogP contribution in [0.1, 0.15) is 26.2 Å². The van der Waals surface area contributed by atoms with Crippen LogP contribution in [-0.2, 0) is 19.6 Å². The monoisotopic (exact) mass is 289 g/mol. The molecule has 0 spiro atoms. The summed E-state index contributed by atoms with van der Waals surface area (Å²) >= 11 is 0. The van der Waals surface area contributed by atoms with Gasteiger partial charge in [0, 0.05) is 19.1 Å². The third kappa shape index (κ3) is 3.52. The van der Waals surface area contributed by atoms with Crippen molar-refractivity contribution >= 4 is 21.8 Å². The summed E-state index contributed by atoms with van der Waals surface area (Å²) in [5, 5.41) is 2.86. The van der Waals surface area contributed by atoms with Crippen molar-refractivity contribution in [2.75, 3.05) is 18.8 Å². The van der Waals surface area contributed by atoms with E-state index in [4.69, 9.17) is 0 Å². The quantitative estimate of drug-likeness (QED) is 0.574. The molecule has 1 unspecified atom stereocenters. The van der Waals surface area contributed by atoms with E-state index in [2.05, 4.69) is 10.0 Å². The van der Waals surface area contributed by atoms with Crippen LogP contribution in [0.4, 0.5) is 0 Å². The summed E-state index contributed by atoms with van der Waals surface area (Å²) in [4.78, 5) is 25.0. The molecule has 1 saturated carbocycles. The minimum absolute atomic E-state index is 0.0808. The van der Waals surface area contributed by atoms with Crippen molar-refractivity contribution in [2.45, 2.75) is 38.3 Å². The molecule has 0 aromatic carbocycles. The zero-order valence-electron chi connectivity index (χ0n) is 10.9. The molecule has 0 bridgehead atoms. The van der Waals surface area contributed by atoms with Crippen LogP contribution in [0.15, 0.2) is 0 Å². The molecular formula is C11H19N3O4S. The zero-order chi connectivity index (χ0) is 14.0. The summed E-state index contributed by atoms with van der Waals surface area (Å²) < 4.78 is 25.2. The minimum Gasteiger partial charge on any atom is -0.304 e. The van der Waals surface area contributed by atoms with E-state index in [1.165, 1.54) is 4.90 Å². The lowest BCUT2D eigenvalue weighted by Crippen LogP contribution is -2.42. The van der Waals surface area contributed by atoms with E-state index in [-0.39, 0.29) is 36.6 Å². The Hall–Kier alpha value is -0.990. The van der Waals surface area contributed by atoms with Gasteiger partial charge in [0.1, 0.15) is 0 Å². The zero-order valence-corrected chi connectivity index (χ0v) is 11.7. The summed E-state index contributed by atoms with van der Waals surface area (Å²) in [6, 6.07) is -0.484. The molecule has 1 heterocycles. The first kappa shape index (κ1) is 14.4. The van der Waals surface area contributed by atoms with Crippen LogP contribution in [0.25, 0.3) is 0 Å². The molecule has 2 aliphatic rings. The maximum atomic E-state index is 12.0. The number of sulfonamides is 1. The number of amides is 2. The van der Waals surface area contributed by atoms with Gasteiger partial charge in [-0.25, -0.2) is 13.1 Å². The Labute approximate surface area is 112 Å². The fraction of sp³-hybridized carbons (Fsp3) is 0.818.